The van der Waals surface area contributed by atoms with Gasteiger partial charge < -0.3 is 9.73 Å². The van der Waals surface area contributed by atoms with Gasteiger partial charge in [-0.15, -0.1) is 0 Å². The third-order valence-corrected chi connectivity index (χ3v) is 5.65. The van der Waals surface area contributed by atoms with Crippen LogP contribution in [0.4, 0.5) is 0 Å². The highest BCUT2D eigenvalue weighted by Crippen LogP contribution is 2.25. The predicted molar refractivity (Wildman–Crippen MR) is 107 cm³/mol. The fourth-order valence-electron chi connectivity index (χ4n) is 2.61. The fraction of sp³-hybridized carbons (Fsp3) is 0.200. The van der Waals surface area contributed by atoms with Crippen LogP contribution in [0, 0.1) is 6.92 Å². The molecule has 3 rings (SSSR count). The van der Waals surface area contributed by atoms with Gasteiger partial charge in [-0.1, -0.05) is 48.0 Å². The van der Waals surface area contributed by atoms with E-state index in [1.54, 1.807) is 31.2 Å². The van der Waals surface area contributed by atoms with E-state index in [1.807, 2.05) is 30.3 Å². The molecule has 0 spiro atoms. The smallest absolute Gasteiger partial charge is 0.235 e. The highest BCUT2D eigenvalue weighted by atomic mass is 35.5. The molecule has 0 bridgehead atoms. The van der Waals surface area contributed by atoms with Gasteiger partial charge in [0.15, 0.2) is 9.84 Å². The molecule has 0 atom stereocenters. The van der Waals surface area contributed by atoms with Crippen molar-refractivity contribution < 1.29 is 17.6 Å². The van der Waals surface area contributed by atoms with Gasteiger partial charge in [-0.05, 0) is 30.7 Å². The minimum Gasteiger partial charge on any atom is -0.441 e. The lowest BCUT2D eigenvalue weighted by Gasteiger charge is -2.06. The number of sulfone groups is 1. The molecular formula is C20H19ClN2O4S. The Morgan fingerprint density at radius 1 is 1.14 bits per heavy atom. The summed E-state index contributed by atoms with van der Waals surface area (Å²) in [5, 5.41) is 3.14. The number of rotatable bonds is 7. The minimum absolute atomic E-state index is 0.275. The molecule has 146 valence electrons. The van der Waals surface area contributed by atoms with Gasteiger partial charge in [-0.25, -0.2) is 13.4 Å². The van der Waals surface area contributed by atoms with Crippen molar-refractivity contribution in [3.8, 4) is 11.5 Å². The Hall–Kier alpha value is -2.64. The third kappa shape index (κ3) is 5.43. The maximum absolute atomic E-state index is 12.4. The summed E-state index contributed by atoms with van der Waals surface area (Å²) >= 11 is 5.97. The first-order valence-electron chi connectivity index (χ1n) is 8.56. The van der Waals surface area contributed by atoms with E-state index < -0.39 is 21.5 Å². The molecule has 0 aliphatic heterocycles. The number of hydrogen-bond donors (Lipinski definition) is 1. The van der Waals surface area contributed by atoms with Crippen molar-refractivity contribution in [2.45, 2.75) is 19.2 Å². The summed E-state index contributed by atoms with van der Waals surface area (Å²) in [7, 11) is -3.70. The molecule has 1 heterocycles. The van der Waals surface area contributed by atoms with Gasteiger partial charge >= 0.3 is 0 Å². The molecule has 6 nitrogen and oxygen atoms in total. The number of carbonyl (C=O) groups is 1. The van der Waals surface area contributed by atoms with Crippen molar-refractivity contribution in [1.82, 2.24) is 10.3 Å². The molecule has 0 radical (unpaired) electrons. The van der Waals surface area contributed by atoms with Crippen molar-refractivity contribution >= 4 is 27.3 Å². The van der Waals surface area contributed by atoms with E-state index in [1.165, 1.54) is 0 Å². The summed E-state index contributed by atoms with van der Waals surface area (Å²) in [6.45, 7) is 1.92. The lowest BCUT2D eigenvalue weighted by molar-refractivity contribution is -0.118. The molecule has 28 heavy (non-hydrogen) atoms. The Labute approximate surface area is 168 Å². The number of nitrogens with zero attached hydrogens (tertiary/aromatic N) is 1. The average Bonchev–Trinajstić information content (AvgIpc) is 3.00. The summed E-state index contributed by atoms with van der Waals surface area (Å²) in [5.74, 6) is -0.859. The van der Waals surface area contributed by atoms with Crippen LogP contribution in [0.1, 0.15) is 17.0 Å². The molecule has 0 aliphatic rings. The maximum Gasteiger partial charge on any atom is 0.235 e. The van der Waals surface area contributed by atoms with Crippen LogP contribution in [-0.4, -0.2) is 25.1 Å². The second kappa shape index (κ2) is 8.58. The quantitative estimate of drug-likeness (QED) is 0.633. The van der Waals surface area contributed by atoms with E-state index in [2.05, 4.69) is 10.3 Å². The van der Waals surface area contributed by atoms with Gasteiger partial charge in [-0.3, -0.25) is 4.79 Å². The van der Waals surface area contributed by atoms with Crippen LogP contribution in [0.5, 0.6) is 0 Å². The molecular weight excluding hydrogens is 400 g/mol. The Bertz CT molecular complexity index is 1080. The molecule has 1 aromatic heterocycles. The number of aromatic nitrogens is 1. The van der Waals surface area contributed by atoms with Crippen LogP contribution >= 0.6 is 11.6 Å². The number of hydrogen-bond acceptors (Lipinski definition) is 5. The van der Waals surface area contributed by atoms with Crippen LogP contribution in [0.25, 0.3) is 11.5 Å². The zero-order chi connectivity index (χ0) is 20.1. The maximum atomic E-state index is 12.4. The highest BCUT2D eigenvalue weighted by molar-refractivity contribution is 7.91. The second-order valence-corrected chi connectivity index (χ2v) is 8.83. The van der Waals surface area contributed by atoms with E-state index in [0.29, 0.717) is 22.2 Å². The first-order chi connectivity index (χ1) is 13.3. The van der Waals surface area contributed by atoms with Gasteiger partial charge in [0.25, 0.3) is 0 Å². The van der Waals surface area contributed by atoms with Crippen LogP contribution in [-0.2, 0) is 26.9 Å². The molecule has 0 fully saturated rings. The van der Waals surface area contributed by atoms with Gasteiger partial charge in [0.2, 0.25) is 11.8 Å². The SMILES string of the molecule is Cc1oc(-c2cccc(Cl)c2)nc1CS(=O)(=O)CC(=O)NCc1ccccc1. The summed E-state index contributed by atoms with van der Waals surface area (Å²) in [5.41, 5.74) is 1.83. The molecule has 2 aromatic carbocycles. The van der Waals surface area contributed by atoms with E-state index in [0.717, 1.165) is 5.56 Å². The summed E-state index contributed by atoms with van der Waals surface area (Å²) in [4.78, 5) is 16.3. The first-order valence-corrected chi connectivity index (χ1v) is 10.8. The zero-order valence-electron chi connectivity index (χ0n) is 15.2. The largest absolute Gasteiger partial charge is 0.441 e. The third-order valence-electron chi connectivity index (χ3n) is 4.00. The van der Waals surface area contributed by atoms with E-state index in [9.17, 15) is 13.2 Å². The van der Waals surface area contributed by atoms with Crippen molar-refractivity contribution in [3.63, 3.8) is 0 Å². The first kappa shape index (κ1) is 20.1. The Morgan fingerprint density at radius 3 is 2.61 bits per heavy atom. The number of amides is 1. The molecule has 0 aliphatic carbocycles. The number of aryl methyl sites for hydroxylation is 1. The minimum atomic E-state index is -3.70. The monoisotopic (exact) mass is 418 g/mol. The lowest BCUT2D eigenvalue weighted by atomic mass is 10.2. The Morgan fingerprint density at radius 2 is 1.89 bits per heavy atom. The van der Waals surface area contributed by atoms with Crippen molar-refractivity contribution in [3.05, 3.63) is 76.6 Å². The topological polar surface area (TPSA) is 89.3 Å². The van der Waals surface area contributed by atoms with Gasteiger partial charge in [0, 0.05) is 17.1 Å². The van der Waals surface area contributed by atoms with E-state index in [4.69, 9.17) is 16.0 Å². The predicted octanol–water partition coefficient (Wildman–Crippen LogP) is 3.53. The van der Waals surface area contributed by atoms with E-state index in [-0.39, 0.29) is 18.0 Å². The molecule has 3 aromatic rings. The van der Waals surface area contributed by atoms with E-state index >= 15 is 0 Å². The average molecular weight is 419 g/mol. The van der Waals surface area contributed by atoms with Gasteiger partial charge in [-0.2, -0.15) is 0 Å². The number of halogens is 1. The molecule has 8 heteroatoms. The van der Waals surface area contributed by atoms with Crippen LogP contribution in [0.2, 0.25) is 5.02 Å². The molecule has 1 N–H and O–H groups in total. The molecule has 1 amide bonds. The van der Waals surface area contributed by atoms with Gasteiger partial charge in [0.05, 0.1) is 11.4 Å². The van der Waals surface area contributed by atoms with Crippen molar-refractivity contribution in [2.75, 3.05) is 5.75 Å². The Kier molecular flexibility index (Phi) is 6.16. The number of nitrogens with one attached hydrogen (secondary N) is 1. The standard InChI is InChI=1S/C20H19ClN2O4S/c1-14-18(23-20(27-14)16-8-5-9-17(21)10-16)12-28(25,26)13-19(24)22-11-15-6-3-2-4-7-15/h2-10H,11-13H2,1H3,(H,22,24). The number of oxazole rings is 1. The lowest BCUT2D eigenvalue weighted by Crippen LogP contribution is -2.30. The second-order valence-electron chi connectivity index (χ2n) is 6.33. The molecule has 0 saturated heterocycles. The van der Waals surface area contributed by atoms with Crippen LogP contribution < -0.4 is 5.32 Å². The number of benzene rings is 2. The normalized spacial score (nSPS) is 11.4. The molecule has 0 saturated carbocycles. The van der Waals surface area contributed by atoms with Crippen LogP contribution in [0.15, 0.2) is 59.0 Å². The highest BCUT2D eigenvalue weighted by Gasteiger charge is 2.22. The number of carbonyl (C=O) groups excluding carboxylic acids is 1. The van der Waals surface area contributed by atoms with Gasteiger partial charge in [0.1, 0.15) is 11.5 Å². The summed E-state index contributed by atoms with van der Waals surface area (Å²) in [6, 6.07) is 16.2. The van der Waals surface area contributed by atoms with Crippen molar-refractivity contribution in [1.29, 1.82) is 0 Å². The van der Waals surface area contributed by atoms with Crippen molar-refractivity contribution in [2.24, 2.45) is 0 Å². The Balaban J connectivity index is 1.64. The zero-order valence-corrected chi connectivity index (χ0v) is 16.8. The fourth-order valence-corrected chi connectivity index (χ4v) is 4.09. The summed E-state index contributed by atoms with van der Waals surface area (Å²) < 4.78 is 30.4. The van der Waals surface area contributed by atoms with Crippen LogP contribution in [0.3, 0.4) is 0 Å². The summed E-state index contributed by atoms with van der Waals surface area (Å²) in [6.07, 6.45) is 0. The molecule has 0 unspecified atom stereocenters.